The molecule has 0 aromatic heterocycles. The predicted molar refractivity (Wildman–Crippen MR) is 42.4 cm³/mol. The van der Waals surface area contributed by atoms with Crippen LogP contribution in [0.1, 0.15) is 13.3 Å². The van der Waals surface area contributed by atoms with Gasteiger partial charge in [0.2, 0.25) is 0 Å². The van der Waals surface area contributed by atoms with Gasteiger partial charge in [0.25, 0.3) is 0 Å². The summed E-state index contributed by atoms with van der Waals surface area (Å²) < 4.78 is 0. The molecular weight excluding hydrogens is 182 g/mol. The predicted octanol–water partition coefficient (Wildman–Crippen LogP) is 1.21. The maximum Gasteiger partial charge on any atom is 0.125 e. The van der Waals surface area contributed by atoms with Crippen molar-refractivity contribution < 1.29 is 5.11 Å². The van der Waals surface area contributed by atoms with Crippen molar-refractivity contribution in [3.8, 4) is 0 Å². The van der Waals surface area contributed by atoms with E-state index in [0.29, 0.717) is 6.42 Å². The van der Waals surface area contributed by atoms with E-state index in [0.717, 1.165) is 11.0 Å². The Hall–Kier alpha value is -0.0200. The Morgan fingerprint density at radius 3 is 2.78 bits per heavy atom. The number of hydrogen-bond donors (Lipinski definition) is 2. The van der Waals surface area contributed by atoms with E-state index < -0.39 is 6.23 Å². The maximum atomic E-state index is 9.02. The fourth-order valence-electron chi connectivity index (χ4n) is 0.460. The first kappa shape index (κ1) is 8.98. The van der Waals surface area contributed by atoms with Gasteiger partial charge in [-0.2, -0.15) is 0 Å². The summed E-state index contributed by atoms with van der Waals surface area (Å²) >= 11 is 3.21. The van der Waals surface area contributed by atoms with Gasteiger partial charge in [0, 0.05) is 17.4 Å². The lowest BCUT2D eigenvalue weighted by Crippen LogP contribution is -2.26. The lowest BCUT2D eigenvalue weighted by molar-refractivity contribution is 0.147. The summed E-state index contributed by atoms with van der Waals surface area (Å²) in [6.45, 7) is 5.41. The molecule has 2 N–H and O–H groups in total. The first-order valence-electron chi connectivity index (χ1n) is 2.83. The van der Waals surface area contributed by atoms with Crippen molar-refractivity contribution in [1.29, 1.82) is 0 Å². The Labute approximate surface area is 64.1 Å². The zero-order chi connectivity index (χ0) is 7.28. The molecule has 0 amide bonds. The van der Waals surface area contributed by atoms with Crippen molar-refractivity contribution in [2.24, 2.45) is 0 Å². The van der Waals surface area contributed by atoms with Crippen LogP contribution in [0.4, 0.5) is 0 Å². The third-order valence-electron chi connectivity index (χ3n) is 0.796. The van der Waals surface area contributed by atoms with Crippen LogP contribution in [0, 0.1) is 0 Å². The number of hydrogen-bond acceptors (Lipinski definition) is 2. The maximum absolute atomic E-state index is 9.02. The molecule has 1 unspecified atom stereocenters. The fourth-order valence-corrected chi connectivity index (χ4v) is 0.894. The van der Waals surface area contributed by atoms with Gasteiger partial charge in [0.05, 0.1) is 0 Å². The Bertz CT molecular complexity index is 95.1. The first-order valence-corrected chi connectivity index (χ1v) is 3.95. The van der Waals surface area contributed by atoms with Gasteiger partial charge >= 0.3 is 0 Å². The minimum atomic E-state index is -0.457. The fraction of sp³-hybridized carbons (Fsp3) is 0.667. The molecule has 0 radical (unpaired) electrons. The van der Waals surface area contributed by atoms with Gasteiger partial charge in [-0.15, -0.1) is 0 Å². The third-order valence-corrected chi connectivity index (χ3v) is 1.25. The highest BCUT2D eigenvalue weighted by atomic mass is 79.9. The van der Waals surface area contributed by atoms with Crippen LogP contribution in [0.5, 0.6) is 0 Å². The highest BCUT2D eigenvalue weighted by Gasteiger charge is 1.98. The molecule has 2 nitrogen and oxygen atoms in total. The SMILES string of the molecule is C=C(C)NC(O)CCBr. The lowest BCUT2D eigenvalue weighted by Gasteiger charge is -2.11. The average molecular weight is 194 g/mol. The molecule has 0 aromatic carbocycles. The highest BCUT2D eigenvalue weighted by molar-refractivity contribution is 9.09. The molecule has 0 bridgehead atoms. The number of aliphatic hydroxyl groups is 1. The number of allylic oxidation sites excluding steroid dienone is 1. The van der Waals surface area contributed by atoms with Crippen LogP contribution in [0.15, 0.2) is 12.3 Å². The Kier molecular flexibility index (Phi) is 4.81. The number of aliphatic hydroxyl groups excluding tert-OH is 1. The normalized spacial score (nSPS) is 12.8. The third kappa shape index (κ3) is 5.86. The van der Waals surface area contributed by atoms with E-state index in [2.05, 4.69) is 27.8 Å². The molecular formula is C6H12BrNO. The number of halogens is 1. The topological polar surface area (TPSA) is 32.3 Å². The van der Waals surface area contributed by atoms with E-state index in [1.807, 2.05) is 6.92 Å². The summed E-state index contributed by atoms with van der Waals surface area (Å²) in [6.07, 6.45) is 0.245. The molecule has 0 fully saturated rings. The molecule has 54 valence electrons. The van der Waals surface area contributed by atoms with E-state index in [4.69, 9.17) is 5.11 Å². The van der Waals surface area contributed by atoms with Crippen LogP contribution in [0.2, 0.25) is 0 Å². The molecule has 0 aliphatic heterocycles. The number of alkyl halides is 1. The summed E-state index contributed by atoms with van der Waals surface area (Å²) in [5, 5.41) is 12.6. The smallest absolute Gasteiger partial charge is 0.125 e. The minimum Gasteiger partial charge on any atom is -0.374 e. The molecule has 0 rings (SSSR count). The van der Waals surface area contributed by atoms with Crippen molar-refractivity contribution in [2.45, 2.75) is 19.6 Å². The zero-order valence-electron chi connectivity index (χ0n) is 5.52. The van der Waals surface area contributed by atoms with Crippen LogP contribution in [0.3, 0.4) is 0 Å². The Morgan fingerprint density at radius 1 is 1.89 bits per heavy atom. The van der Waals surface area contributed by atoms with Gasteiger partial charge in [0.1, 0.15) is 6.23 Å². The molecule has 9 heavy (non-hydrogen) atoms. The Morgan fingerprint density at radius 2 is 2.44 bits per heavy atom. The van der Waals surface area contributed by atoms with E-state index in [9.17, 15) is 0 Å². The van der Waals surface area contributed by atoms with Gasteiger partial charge in [-0.25, -0.2) is 0 Å². The van der Waals surface area contributed by atoms with E-state index >= 15 is 0 Å². The molecule has 0 aliphatic carbocycles. The molecule has 0 spiro atoms. The number of rotatable bonds is 4. The second-order valence-corrected chi connectivity index (χ2v) is 2.71. The highest BCUT2D eigenvalue weighted by Crippen LogP contribution is 1.93. The van der Waals surface area contributed by atoms with Gasteiger partial charge in [-0.05, 0) is 6.92 Å². The number of nitrogens with one attached hydrogen (secondary N) is 1. The van der Waals surface area contributed by atoms with Crippen molar-refractivity contribution in [3.63, 3.8) is 0 Å². The van der Waals surface area contributed by atoms with Crippen LogP contribution in [-0.2, 0) is 0 Å². The quantitative estimate of drug-likeness (QED) is 0.520. The van der Waals surface area contributed by atoms with Gasteiger partial charge in [0.15, 0.2) is 0 Å². The second kappa shape index (κ2) is 4.82. The second-order valence-electron chi connectivity index (χ2n) is 1.92. The molecule has 0 aliphatic rings. The summed E-state index contributed by atoms with van der Waals surface area (Å²) in [6, 6.07) is 0. The van der Waals surface area contributed by atoms with Crippen molar-refractivity contribution in [2.75, 3.05) is 5.33 Å². The molecule has 0 saturated heterocycles. The summed E-state index contributed by atoms with van der Waals surface area (Å²) in [4.78, 5) is 0. The average Bonchev–Trinajstić information content (AvgIpc) is 1.63. The first-order chi connectivity index (χ1) is 4.16. The molecule has 0 saturated carbocycles. The van der Waals surface area contributed by atoms with E-state index in [1.54, 1.807) is 0 Å². The lowest BCUT2D eigenvalue weighted by atomic mass is 10.4. The molecule has 0 aromatic rings. The monoisotopic (exact) mass is 193 g/mol. The van der Waals surface area contributed by atoms with E-state index in [-0.39, 0.29) is 0 Å². The van der Waals surface area contributed by atoms with Crippen molar-refractivity contribution in [1.82, 2.24) is 5.32 Å². The molecule has 1 atom stereocenters. The van der Waals surface area contributed by atoms with Crippen LogP contribution >= 0.6 is 15.9 Å². The molecule has 3 heteroatoms. The van der Waals surface area contributed by atoms with Gasteiger partial charge in [-0.3, -0.25) is 0 Å². The zero-order valence-corrected chi connectivity index (χ0v) is 7.11. The van der Waals surface area contributed by atoms with Gasteiger partial charge in [-0.1, -0.05) is 22.5 Å². The van der Waals surface area contributed by atoms with Gasteiger partial charge < -0.3 is 10.4 Å². The van der Waals surface area contributed by atoms with Crippen molar-refractivity contribution in [3.05, 3.63) is 12.3 Å². The minimum absolute atomic E-state index is 0.457. The van der Waals surface area contributed by atoms with Crippen molar-refractivity contribution >= 4 is 15.9 Å². The molecule has 0 heterocycles. The largest absolute Gasteiger partial charge is 0.374 e. The summed E-state index contributed by atoms with van der Waals surface area (Å²) in [5.74, 6) is 0. The van der Waals surface area contributed by atoms with Crippen LogP contribution < -0.4 is 5.32 Å². The summed E-state index contributed by atoms with van der Waals surface area (Å²) in [5.41, 5.74) is 0.795. The van der Waals surface area contributed by atoms with Crippen LogP contribution in [0.25, 0.3) is 0 Å². The van der Waals surface area contributed by atoms with Crippen LogP contribution in [-0.4, -0.2) is 16.7 Å². The Balaban J connectivity index is 3.26. The summed E-state index contributed by atoms with van der Waals surface area (Å²) in [7, 11) is 0. The van der Waals surface area contributed by atoms with E-state index in [1.165, 1.54) is 0 Å². The standard InChI is InChI=1S/C6H12BrNO/c1-5(2)8-6(9)3-4-7/h6,8-9H,1,3-4H2,2H3.